The van der Waals surface area contributed by atoms with Gasteiger partial charge in [0.25, 0.3) is 0 Å². The van der Waals surface area contributed by atoms with Gasteiger partial charge in [-0.3, -0.25) is 4.79 Å². The molecule has 0 bridgehead atoms. The molecular weight excluding hydrogens is 292 g/mol. The number of hydrogen-bond acceptors (Lipinski definition) is 4. The zero-order valence-electron chi connectivity index (χ0n) is 13.3. The van der Waals surface area contributed by atoms with Gasteiger partial charge < -0.3 is 15.4 Å². The summed E-state index contributed by atoms with van der Waals surface area (Å²) in [4.78, 5) is 24.1. The smallest absolute Gasteiger partial charge is 0.337 e. The third-order valence-corrected chi connectivity index (χ3v) is 5.66. The summed E-state index contributed by atoms with van der Waals surface area (Å²) in [6, 6.07) is 7.89. The van der Waals surface area contributed by atoms with Gasteiger partial charge in [0.05, 0.1) is 24.3 Å². The van der Waals surface area contributed by atoms with Crippen molar-refractivity contribution in [3.63, 3.8) is 0 Å². The largest absolute Gasteiger partial charge is 0.465 e. The predicted molar refractivity (Wildman–Crippen MR) is 84.9 cm³/mol. The molecule has 23 heavy (non-hydrogen) atoms. The van der Waals surface area contributed by atoms with E-state index in [0.717, 1.165) is 24.8 Å². The summed E-state index contributed by atoms with van der Waals surface area (Å²) in [6.07, 6.45) is 5.33. The van der Waals surface area contributed by atoms with Crippen LogP contribution in [0.3, 0.4) is 0 Å². The number of ether oxygens (including phenoxy) is 1. The van der Waals surface area contributed by atoms with Gasteiger partial charge in [0.1, 0.15) is 0 Å². The van der Waals surface area contributed by atoms with Crippen molar-refractivity contribution < 1.29 is 14.3 Å². The summed E-state index contributed by atoms with van der Waals surface area (Å²) in [5, 5.41) is 6.69. The fourth-order valence-electron chi connectivity index (χ4n) is 3.86. The van der Waals surface area contributed by atoms with E-state index in [9.17, 15) is 9.59 Å². The van der Waals surface area contributed by atoms with Crippen molar-refractivity contribution >= 4 is 11.9 Å². The number of hydrogen-bond donors (Lipinski definition) is 2. The lowest BCUT2D eigenvalue weighted by Crippen LogP contribution is -2.47. The Hall–Kier alpha value is -1.88. The summed E-state index contributed by atoms with van der Waals surface area (Å²) >= 11 is 0. The molecule has 3 unspecified atom stereocenters. The number of nitrogens with one attached hydrogen (secondary N) is 2. The Labute approximate surface area is 135 Å². The standard InChI is InChI=1S/C18H22N2O3/c1-23-17(22)11-2-5-13(6-3-11)18(8-9-18)20-16(21)15-10-12-4-7-14(12)19-15/h2-3,5-6,12,14-15,19H,4,7-10H2,1H3,(H,20,21). The summed E-state index contributed by atoms with van der Waals surface area (Å²) in [5.74, 6) is 0.477. The van der Waals surface area contributed by atoms with Crippen molar-refractivity contribution in [1.82, 2.24) is 10.6 Å². The molecule has 1 amide bonds. The van der Waals surface area contributed by atoms with Crippen LogP contribution in [0.2, 0.25) is 0 Å². The number of amides is 1. The van der Waals surface area contributed by atoms with E-state index < -0.39 is 0 Å². The SMILES string of the molecule is COC(=O)c1ccc(C2(NC(=O)C3CC4CCC4N3)CC2)cc1. The van der Waals surface area contributed by atoms with Crippen LogP contribution in [0.4, 0.5) is 0 Å². The lowest BCUT2D eigenvalue weighted by molar-refractivity contribution is -0.123. The molecule has 1 aromatic rings. The van der Waals surface area contributed by atoms with Gasteiger partial charge in [-0.2, -0.15) is 0 Å². The third-order valence-electron chi connectivity index (χ3n) is 5.66. The van der Waals surface area contributed by atoms with Gasteiger partial charge in [-0.1, -0.05) is 12.1 Å². The monoisotopic (exact) mass is 314 g/mol. The Bertz CT molecular complexity index is 624. The Kier molecular flexibility index (Phi) is 3.41. The maximum atomic E-state index is 12.6. The molecule has 0 spiro atoms. The van der Waals surface area contributed by atoms with Gasteiger partial charge >= 0.3 is 5.97 Å². The maximum Gasteiger partial charge on any atom is 0.337 e. The van der Waals surface area contributed by atoms with Crippen LogP contribution in [-0.2, 0) is 15.1 Å². The zero-order chi connectivity index (χ0) is 16.0. The fourth-order valence-corrected chi connectivity index (χ4v) is 3.86. The number of rotatable bonds is 4. The summed E-state index contributed by atoms with van der Waals surface area (Å²) in [7, 11) is 1.38. The third kappa shape index (κ3) is 2.53. The first-order chi connectivity index (χ1) is 11.1. The maximum absolute atomic E-state index is 12.6. The number of esters is 1. The molecule has 5 heteroatoms. The van der Waals surface area contributed by atoms with E-state index >= 15 is 0 Å². The second-order valence-electron chi connectivity index (χ2n) is 7.04. The summed E-state index contributed by atoms with van der Waals surface area (Å²) in [5.41, 5.74) is 1.36. The predicted octanol–water partition coefficient (Wildman–Crippen LogP) is 1.72. The fraction of sp³-hybridized carbons (Fsp3) is 0.556. The number of carbonyl (C=O) groups excluding carboxylic acids is 2. The van der Waals surface area contributed by atoms with Gasteiger partial charge in [-0.15, -0.1) is 0 Å². The van der Waals surface area contributed by atoms with E-state index in [4.69, 9.17) is 4.74 Å². The van der Waals surface area contributed by atoms with E-state index in [0.29, 0.717) is 17.5 Å². The van der Waals surface area contributed by atoms with Crippen LogP contribution in [0.5, 0.6) is 0 Å². The molecule has 1 aromatic carbocycles. The van der Waals surface area contributed by atoms with E-state index in [1.807, 2.05) is 12.1 Å². The highest BCUT2D eigenvalue weighted by Gasteiger charge is 2.49. The highest BCUT2D eigenvalue weighted by Crippen LogP contribution is 2.46. The molecule has 122 valence electrons. The van der Waals surface area contributed by atoms with Crippen molar-refractivity contribution in [2.45, 2.75) is 49.7 Å². The normalized spacial score (nSPS) is 30.0. The molecule has 5 nitrogen and oxygen atoms in total. The highest BCUT2D eigenvalue weighted by molar-refractivity contribution is 5.89. The molecule has 3 atom stereocenters. The topological polar surface area (TPSA) is 67.4 Å². The average Bonchev–Trinajstić information content (AvgIpc) is 3.27. The van der Waals surface area contributed by atoms with Crippen LogP contribution in [-0.4, -0.2) is 31.1 Å². The molecule has 2 saturated carbocycles. The van der Waals surface area contributed by atoms with Crippen molar-refractivity contribution in [3.05, 3.63) is 35.4 Å². The number of methoxy groups -OCH3 is 1. The lowest BCUT2D eigenvalue weighted by atomic mass is 9.80. The summed E-state index contributed by atoms with van der Waals surface area (Å²) < 4.78 is 4.72. The van der Waals surface area contributed by atoms with Crippen LogP contribution >= 0.6 is 0 Å². The van der Waals surface area contributed by atoms with Crippen molar-refractivity contribution in [3.8, 4) is 0 Å². The number of carbonyl (C=O) groups is 2. The molecule has 1 aliphatic heterocycles. The van der Waals surface area contributed by atoms with Crippen molar-refractivity contribution in [1.29, 1.82) is 0 Å². The number of fused-ring (bicyclic) bond motifs is 1. The molecule has 1 saturated heterocycles. The minimum absolute atomic E-state index is 0.0423. The van der Waals surface area contributed by atoms with Crippen molar-refractivity contribution in [2.24, 2.45) is 5.92 Å². The van der Waals surface area contributed by atoms with Gasteiger partial charge in [-0.05, 0) is 55.7 Å². The van der Waals surface area contributed by atoms with Crippen LogP contribution in [0.15, 0.2) is 24.3 Å². The lowest BCUT2D eigenvalue weighted by Gasteiger charge is -2.29. The molecule has 3 fully saturated rings. The molecule has 3 aliphatic rings. The van der Waals surface area contributed by atoms with Gasteiger partial charge in [0, 0.05) is 6.04 Å². The second-order valence-corrected chi connectivity index (χ2v) is 7.04. The molecule has 0 aromatic heterocycles. The van der Waals surface area contributed by atoms with Crippen LogP contribution < -0.4 is 10.6 Å². The summed E-state index contributed by atoms with van der Waals surface area (Å²) in [6.45, 7) is 0. The van der Waals surface area contributed by atoms with Gasteiger partial charge in [0.15, 0.2) is 0 Å². The van der Waals surface area contributed by atoms with Crippen LogP contribution in [0.25, 0.3) is 0 Å². The van der Waals surface area contributed by atoms with E-state index in [1.165, 1.54) is 20.0 Å². The molecule has 0 radical (unpaired) electrons. The minimum Gasteiger partial charge on any atom is -0.465 e. The van der Waals surface area contributed by atoms with Crippen LogP contribution in [0, 0.1) is 5.92 Å². The highest BCUT2D eigenvalue weighted by atomic mass is 16.5. The minimum atomic E-state index is -0.337. The average molecular weight is 314 g/mol. The quantitative estimate of drug-likeness (QED) is 0.831. The molecular formula is C18H22N2O3. The van der Waals surface area contributed by atoms with Crippen molar-refractivity contribution in [2.75, 3.05) is 7.11 Å². The second kappa shape index (κ2) is 5.34. The first-order valence-corrected chi connectivity index (χ1v) is 8.38. The number of benzene rings is 1. The Morgan fingerprint density at radius 2 is 1.96 bits per heavy atom. The Morgan fingerprint density at radius 1 is 1.22 bits per heavy atom. The zero-order valence-corrected chi connectivity index (χ0v) is 13.3. The Balaban J connectivity index is 1.43. The molecule has 2 aliphatic carbocycles. The van der Waals surface area contributed by atoms with Gasteiger partial charge in [-0.25, -0.2) is 4.79 Å². The van der Waals surface area contributed by atoms with Crippen LogP contribution in [0.1, 0.15) is 48.0 Å². The van der Waals surface area contributed by atoms with E-state index in [2.05, 4.69) is 10.6 Å². The Morgan fingerprint density at radius 3 is 2.43 bits per heavy atom. The van der Waals surface area contributed by atoms with E-state index in [-0.39, 0.29) is 23.5 Å². The molecule has 1 heterocycles. The molecule has 2 N–H and O–H groups in total. The molecule has 4 rings (SSSR count). The van der Waals surface area contributed by atoms with Gasteiger partial charge in [0.2, 0.25) is 5.91 Å². The first kappa shape index (κ1) is 14.7. The van der Waals surface area contributed by atoms with E-state index in [1.54, 1.807) is 12.1 Å². The first-order valence-electron chi connectivity index (χ1n) is 8.38.